The highest BCUT2D eigenvalue weighted by Gasteiger charge is 2.50. The second-order valence-corrected chi connectivity index (χ2v) is 9.89. The predicted molar refractivity (Wildman–Crippen MR) is 126 cm³/mol. The molecule has 0 radical (unpaired) electrons. The molecule has 0 amide bonds. The molecule has 4 heterocycles. The van der Waals surface area contributed by atoms with Crippen molar-refractivity contribution < 1.29 is 4.39 Å². The minimum absolute atomic E-state index is 0.182. The zero-order valence-electron chi connectivity index (χ0n) is 19.0. The number of benzene rings is 1. The topological polar surface area (TPSA) is 97.7 Å². The van der Waals surface area contributed by atoms with Gasteiger partial charge in [0.25, 0.3) is 0 Å². The fourth-order valence-electron chi connectivity index (χ4n) is 5.26. The summed E-state index contributed by atoms with van der Waals surface area (Å²) in [4.78, 5) is 8.46. The summed E-state index contributed by atoms with van der Waals surface area (Å²) in [5.74, 6) is 1.95. The van der Waals surface area contributed by atoms with Crippen molar-refractivity contribution in [2.45, 2.75) is 50.2 Å². The van der Waals surface area contributed by atoms with E-state index in [4.69, 9.17) is 16.9 Å². The van der Waals surface area contributed by atoms with E-state index in [0.717, 1.165) is 48.6 Å². The van der Waals surface area contributed by atoms with E-state index >= 15 is 0 Å². The first-order chi connectivity index (χ1) is 17.0. The largest absolute Gasteiger partial charge is 0.357 e. The van der Waals surface area contributed by atoms with Crippen molar-refractivity contribution in [2.24, 2.45) is 0 Å². The van der Waals surface area contributed by atoms with Gasteiger partial charge in [-0.05, 0) is 61.6 Å². The quantitative estimate of drug-likeness (QED) is 0.547. The fraction of sp³-hybridized carbons (Fsp3) is 0.400. The van der Waals surface area contributed by atoms with Crippen molar-refractivity contribution in [1.29, 1.82) is 10.5 Å². The van der Waals surface area contributed by atoms with Crippen LogP contribution < -0.4 is 4.90 Å². The van der Waals surface area contributed by atoms with Crippen molar-refractivity contribution in [3.8, 4) is 17.8 Å². The monoisotopic (exact) mass is 488 g/mol. The summed E-state index contributed by atoms with van der Waals surface area (Å²) in [5, 5.41) is 28.8. The SMILES string of the molecule is N#Cc1nc(N2CCC(c3nnc4n3-c3ccc(Cl)cc3CN(C3(C#N)CC3)C4)CC2)ccc1F. The molecule has 10 heteroatoms. The molecule has 0 N–H and O–H groups in total. The van der Waals surface area contributed by atoms with Crippen molar-refractivity contribution in [2.75, 3.05) is 18.0 Å². The molecule has 2 aromatic heterocycles. The van der Waals surface area contributed by atoms with Gasteiger partial charge in [0.2, 0.25) is 0 Å². The van der Waals surface area contributed by atoms with Gasteiger partial charge in [-0.25, -0.2) is 9.37 Å². The molecule has 6 rings (SSSR count). The van der Waals surface area contributed by atoms with Crippen LogP contribution in [0.2, 0.25) is 5.02 Å². The summed E-state index contributed by atoms with van der Waals surface area (Å²) in [5.41, 5.74) is 1.46. The van der Waals surface area contributed by atoms with Gasteiger partial charge in [-0.1, -0.05) is 11.6 Å². The minimum atomic E-state index is -0.602. The van der Waals surface area contributed by atoms with Gasteiger partial charge < -0.3 is 4.90 Å². The van der Waals surface area contributed by atoms with Gasteiger partial charge in [-0.2, -0.15) is 10.5 Å². The van der Waals surface area contributed by atoms with E-state index in [-0.39, 0.29) is 11.6 Å². The Balaban J connectivity index is 1.30. The second kappa shape index (κ2) is 8.30. The summed E-state index contributed by atoms with van der Waals surface area (Å²) < 4.78 is 15.9. The van der Waals surface area contributed by atoms with E-state index in [1.54, 1.807) is 6.07 Å². The number of hydrogen-bond donors (Lipinski definition) is 0. The van der Waals surface area contributed by atoms with Gasteiger partial charge in [0.1, 0.15) is 23.3 Å². The zero-order chi connectivity index (χ0) is 24.2. The van der Waals surface area contributed by atoms with Gasteiger partial charge in [-0.3, -0.25) is 9.47 Å². The number of rotatable bonds is 3. The molecule has 1 aromatic carbocycles. The van der Waals surface area contributed by atoms with Gasteiger partial charge in [0.15, 0.2) is 17.3 Å². The fourth-order valence-corrected chi connectivity index (χ4v) is 5.46. The maximum Gasteiger partial charge on any atom is 0.178 e. The summed E-state index contributed by atoms with van der Waals surface area (Å²) in [6.45, 7) is 2.63. The molecular weight excluding hydrogens is 467 g/mol. The van der Waals surface area contributed by atoms with Crippen LogP contribution in [0.3, 0.4) is 0 Å². The number of halogens is 2. The van der Waals surface area contributed by atoms with Crippen LogP contribution in [0.1, 0.15) is 54.5 Å². The molecule has 0 spiro atoms. The lowest BCUT2D eigenvalue weighted by molar-refractivity contribution is 0.197. The summed E-state index contributed by atoms with van der Waals surface area (Å²) >= 11 is 6.36. The lowest BCUT2D eigenvalue weighted by Gasteiger charge is -2.32. The molecule has 0 unspecified atom stereocenters. The first-order valence-corrected chi connectivity index (χ1v) is 12.1. The highest BCUT2D eigenvalue weighted by molar-refractivity contribution is 6.30. The van der Waals surface area contributed by atoms with Gasteiger partial charge in [0.05, 0.1) is 18.3 Å². The number of hydrogen-bond acceptors (Lipinski definition) is 7. The number of nitrogens with zero attached hydrogens (tertiary/aromatic N) is 8. The number of pyridine rings is 1. The standard InChI is InChI=1S/C25H22ClFN8/c26-18-1-3-21-17(11-18)13-34(25(15-29)7-8-25)14-23-31-32-24(35(21)23)16-5-9-33(10-6-16)22-4-2-19(27)20(12-28)30-22/h1-4,11,16H,5-10,13-14H2. The van der Waals surface area contributed by atoms with E-state index in [2.05, 4.69) is 35.6 Å². The Morgan fingerprint density at radius 1 is 1.06 bits per heavy atom. The molecule has 35 heavy (non-hydrogen) atoms. The Morgan fingerprint density at radius 2 is 1.86 bits per heavy atom. The van der Waals surface area contributed by atoms with E-state index < -0.39 is 11.4 Å². The van der Waals surface area contributed by atoms with Crippen LogP contribution in [0.25, 0.3) is 5.69 Å². The van der Waals surface area contributed by atoms with Crippen LogP contribution in [-0.4, -0.2) is 43.3 Å². The Hall–Kier alpha value is -3.53. The van der Waals surface area contributed by atoms with E-state index in [1.165, 1.54) is 6.07 Å². The van der Waals surface area contributed by atoms with Crippen molar-refractivity contribution in [1.82, 2.24) is 24.6 Å². The Kier molecular flexibility index (Phi) is 5.21. The van der Waals surface area contributed by atoms with Crippen LogP contribution in [0.5, 0.6) is 0 Å². The lowest BCUT2D eigenvalue weighted by Crippen LogP contribution is -2.35. The van der Waals surface area contributed by atoms with Crippen LogP contribution in [0.15, 0.2) is 30.3 Å². The number of fused-ring (bicyclic) bond motifs is 3. The first kappa shape index (κ1) is 22.0. The summed E-state index contributed by atoms with van der Waals surface area (Å²) in [7, 11) is 0. The average Bonchev–Trinajstić information content (AvgIpc) is 3.61. The third-order valence-electron chi connectivity index (χ3n) is 7.39. The van der Waals surface area contributed by atoms with Crippen LogP contribution in [-0.2, 0) is 13.1 Å². The van der Waals surface area contributed by atoms with Crippen LogP contribution in [0.4, 0.5) is 10.2 Å². The molecule has 0 atom stereocenters. The van der Waals surface area contributed by atoms with Crippen molar-refractivity contribution >= 4 is 17.4 Å². The molecule has 3 aromatic rings. The van der Waals surface area contributed by atoms with Crippen LogP contribution >= 0.6 is 11.6 Å². The Labute approximate surface area is 207 Å². The normalized spacial score (nSPS) is 19.3. The average molecular weight is 489 g/mol. The number of nitriles is 2. The molecule has 1 saturated carbocycles. The Bertz CT molecular complexity index is 1390. The molecule has 176 valence electrons. The number of anilines is 1. The lowest BCUT2D eigenvalue weighted by atomic mass is 9.95. The molecule has 0 bridgehead atoms. The molecule has 2 fully saturated rings. The summed E-state index contributed by atoms with van der Waals surface area (Å²) in [6, 6.07) is 13.1. The molecule has 3 aliphatic rings. The number of piperidine rings is 1. The van der Waals surface area contributed by atoms with E-state index in [9.17, 15) is 9.65 Å². The van der Waals surface area contributed by atoms with E-state index in [1.807, 2.05) is 24.3 Å². The van der Waals surface area contributed by atoms with Crippen molar-refractivity contribution in [3.05, 3.63) is 64.1 Å². The van der Waals surface area contributed by atoms with Gasteiger partial charge in [0, 0.05) is 30.6 Å². The van der Waals surface area contributed by atoms with E-state index in [0.29, 0.717) is 37.0 Å². The molecule has 1 saturated heterocycles. The zero-order valence-corrected chi connectivity index (χ0v) is 19.7. The van der Waals surface area contributed by atoms with Gasteiger partial charge in [-0.15, -0.1) is 10.2 Å². The third kappa shape index (κ3) is 3.72. The molecule has 2 aliphatic heterocycles. The Morgan fingerprint density at radius 3 is 2.57 bits per heavy atom. The van der Waals surface area contributed by atoms with Crippen molar-refractivity contribution in [3.63, 3.8) is 0 Å². The maximum atomic E-state index is 13.7. The second-order valence-electron chi connectivity index (χ2n) is 9.46. The van der Waals surface area contributed by atoms with Crippen LogP contribution in [0, 0.1) is 28.5 Å². The molecule has 1 aliphatic carbocycles. The number of aromatic nitrogens is 4. The smallest absolute Gasteiger partial charge is 0.178 e. The minimum Gasteiger partial charge on any atom is -0.357 e. The third-order valence-corrected chi connectivity index (χ3v) is 7.62. The first-order valence-electron chi connectivity index (χ1n) is 11.7. The van der Waals surface area contributed by atoms with Gasteiger partial charge >= 0.3 is 0 Å². The predicted octanol–water partition coefficient (Wildman–Crippen LogP) is 4.08. The highest BCUT2D eigenvalue weighted by Crippen LogP contribution is 2.45. The molecular formula is C25H22ClFN8. The molecule has 8 nitrogen and oxygen atoms in total. The highest BCUT2D eigenvalue weighted by atomic mass is 35.5. The maximum absolute atomic E-state index is 13.7. The summed E-state index contributed by atoms with van der Waals surface area (Å²) in [6.07, 6.45) is 3.38.